The fourth-order valence-corrected chi connectivity index (χ4v) is 3.54. The molecule has 4 aromatic rings. The molecule has 0 aliphatic carbocycles. The van der Waals surface area contributed by atoms with Gasteiger partial charge in [-0.05, 0) is 22.9 Å². The Morgan fingerprint density at radius 3 is 2.22 bits per heavy atom. The lowest BCUT2D eigenvalue weighted by atomic mass is 9.98. The minimum absolute atomic E-state index is 0.00855. The van der Waals surface area contributed by atoms with Gasteiger partial charge in [-0.15, -0.1) is 0 Å². The predicted octanol–water partition coefficient (Wildman–Crippen LogP) is 5.35. The summed E-state index contributed by atoms with van der Waals surface area (Å²) in [6.07, 6.45) is 0. The highest BCUT2D eigenvalue weighted by Crippen LogP contribution is 2.39. The van der Waals surface area contributed by atoms with Gasteiger partial charge in [0.2, 0.25) is 5.91 Å². The van der Waals surface area contributed by atoms with E-state index in [1.54, 1.807) is 24.3 Å². The summed E-state index contributed by atoms with van der Waals surface area (Å²) in [6, 6.07) is 25.9. The maximum Gasteiger partial charge on any atom is 0.300 e. The van der Waals surface area contributed by atoms with Crippen LogP contribution in [0.2, 0.25) is 0 Å². The Morgan fingerprint density at radius 2 is 1.41 bits per heavy atom. The molecule has 0 saturated heterocycles. The van der Waals surface area contributed by atoms with E-state index in [0.29, 0.717) is 5.56 Å². The first kappa shape index (κ1) is 21.2. The van der Waals surface area contributed by atoms with Crippen molar-refractivity contribution in [2.24, 2.45) is 0 Å². The molecule has 0 radical (unpaired) electrons. The molecule has 32 heavy (non-hydrogen) atoms. The molecule has 4 aromatic carbocycles. The van der Waals surface area contributed by atoms with Crippen molar-refractivity contribution in [2.45, 2.75) is 5.92 Å². The van der Waals surface area contributed by atoms with Crippen molar-refractivity contribution in [3.05, 3.63) is 114 Å². The van der Waals surface area contributed by atoms with Crippen LogP contribution in [0.1, 0.15) is 21.5 Å². The molecule has 0 atom stereocenters. The number of nitrogens with one attached hydrogen (secondary N) is 2. The van der Waals surface area contributed by atoms with Crippen LogP contribution in [0.15, 0.2) is 97.1 Å². The molecule has 160 valence electrons. The molecule has 4 rings (SSSR count). The van der Waals surface area contributed by atoms with E-state index >= 15 is 8.78 Å². The van der Waals surface area contributed by atoms with Gasteiger partial charge in [0.15, 0.2) is 0 Å². The number of carbonyl (C=O) groups excluding carboxylic acids is 2. The van der Waals surface area contributed by atoms with Crippen molar-refractivity contribution in [3.63, 3.8) is 0 Å². The monoisotopic (exact) mass is 430 g/mol. The van der Waals surface area contributed by atoms with E-state index in [4.69, 9.17) is 0 Å². The second-order valence-corrected chi connectivity index (χ2v) is 7.24. The Balaban J connectivity index is 1.48. The van der Waals surface area contributed by atoms with Gasteiger partial charge in [-0.2, -0.15) is 8.78 Å². The molecule has 0 aliphatic heterocycles. The molecule has 2 amide bonds. The Morgan fingerprint density at radius 1 is 0.750 bits per heavy atom. The Hall–Kier alpha value is -4.06. The number of para-hydroxylation sites is 1. The van der Waals surface area contributed by atoms with Gasteiger partial charge < -0.3 is 10.6 Å². The minimum Gasteiger partial charge on any atom is -0.343 e. The summed E-state index contributed by atoms with van der Waals surface area (Å²) in [5, 5.41) is 6.73. The van der Waals surface area contributed by atoms with E-state index in [2.05, 4.69) is 10.6 Å². The fraction of sp³-hybridized carbons (Fsp3) is 0.0769. The molecule has 0 aliphatic rings. The lowest BCUT2D eigenvalue weighted by Gasteiger charge is -2.21. The van der Waals surface area contributed by atoms with Crippen LogP contribution in [0.5, 0.6) is 0 Å². The molecular weight excluding hydrogens is 410 g/mol. The number of amides is 2. The quantitative estimate of drug-likeness (QED) is 0.433. The first-order chi connectivity index (χ1) is 15.5. The number of fused-ring (bicyclic) bond motifs is 1. The van der Waals surface area contributed by atoms with Crippen molar-refractivity contribution in [2.75, 3.05) is 11.9 Å². The summed E-state index contributed by atoms with van der Waals surface area (Å²) in [5.74, 6) is -4.31. The maximum absolute atomic E-state index is 15.1. The van der Waals surface area contributed by atoms with Gasteiger partial charge in [-0.25, -0.2) is 0 Å². The zero-order valence-corrected chi connectivity index (χ0v) is 17.0. The maximum atomic E-state index is 15.1. The molecule has 0 unspecified atom stereocenters. The highest BCUT2D eigenvalue weighted by atomic mass is 19.3. The number of hydrogen-bond acceptors (Lipinski definition) is 2. The molecular formula is C26H20F2N2O2. The van der Waals surface area contributed by atoms with Gasteiger partial charge >= 0.3 is 0 Å². The summed E-state index contributed by atoms with van der Waals surface area (Å²) < 4.78 is 30.1. The van der Waals surface area contributed by atoms with E-state index in [-0.39, 0.29) is 23.4 Å². The number of rotatable bonds is 6. The number of halogens is 2. The summed E-state index contributed by atoms with van der Waals surface area (Å²) >= 11 is 0. The molecule has 0 spiro atoms. The number of anilines is 1. The number of alkyl halides is 2. The van der Waals surface area contributed by atoms with E-state index in [0.717, 1.165) is 10.8 Å². The largest absolute Gasteiger partial charge is 0.343 e. The number of hydrogen-bond donors (Lipinski definition) is 2. The third-order valence-corrected chi connectivity index (χ3v) is 5.12. The van der Waals surface area contributed by atoms with E-state index in [9.17, 15) is 9.59 Å². The first-order valence-electron chi connectivity index (χ1n) is 10.1. The molecule has 0 heterocycles. The summed E-state index contributed by atoms with van der Waals surface area (Å²) in [5.41, 5.74) is -0.0661. The highest BCUT2D eigenvalue weighted by molar-refractivity contribution is 6.08. The summed E-state index contributed by atoms with van der Waals surface area (Å²) in [7, 11) is 0. The third kappa shape index (κ3) is 4.34. The normalized spacial score (nSPS) is 11.2. The van der Waals surface area contributed by atoms with Crippen molar-refractivity contribution >= 4 is 28.3 Å². The number of benzene rings is 4. The summed E-state index contributed by atoms with van der Waals surface area (Å²) in [6.45, 7) is -0.354. The lowest BCUT2D eigenvalue weighted by Crippen LogP contribution is -2.33. The van der Waals surface area contributed by atoms with Crippen LogP contribution >= 0.6 is 0 Å². The molecule has 2 N–H and O–H groups in total. The van der Waals surface area contributed by atoms with Gasteiger partial charge in [0.05, 0.1) is 12.2 Å². The molecule has 6 heteroatoms. The topological polar surface area (TPSA) is 58.2 Å². The van der Waals surface area contributed by atoms with Crippen LogP contribution in [-0.4, -0.2) is 18.4 Å². The van der Waals surface area contributed by atoms with Gasteiger partial charge in [-0.3, -0.25) is 9.59 Å². The van der Waals surface area contributed by atoms with Crippen LogP contribution in [0.25, 0.3) is 10.8 Å². The lowest BCUT2D eigenvalue weighted by molar-refractivity contribution is -0.115. The Labute approximate surface area is 183 Å². The van der Waals surface area contributed by atoms with Crippen molar-refractivity contribution in [3.8, 4) is 0 Å². The van der Waals surface area contributed by atoms with Crippen LogP contribution < -0.4 is 10.6 Å². The van der Waals surface area contributed by atoms with Gasteiger partial charge in [-0.1, -0.05) is 84.9 Å². The zero-order valence-electron chi connectivity index (χ0n) is 17.0. The smallest absolute Gasteiger partial charge is 0.300 e. The van der Waals surface area contributed by atoms with Crippen LogP contribution in [0.4, 0.5) is 14.5 Å². The number of carbonyl (C=O) groups is 2. The van der Waals surface area contributed by atoms with Gasteiger partial charge in [0.25, 0.3) is 11.8 Å². The highest BCUT2D eigenvalue weighted by Gasteiger charge is 2.36. The minimum atomic E-state index is -3.29. The van der Waals surface area contributed by atoms with Gasteiger partial charge in [0.1, 0.15) is 0 Å². The first-order valence-corrected chi connectivity index (χ1v) is 10.1. The molecule has 4 nitrogen and oxygen atoms in total. The second kappa shape index (κ2) is 8.98. The van der Waals surface area contributed by atoms with Crippen molar-refractivity contribution < 1.29 is 18.4 Å². The average molecular weight is 430 g/mol. The van der Waals surface area contributed by atoms with Crippen LogP contribution in [0, 0.1) is 0 Å². The molecule has 0 aromatic heterocycles. The van der Waals surface area contributed by atoms with Gasteiger partial charge in [0, 0.05) is 16.7 Å². The summed E-state index contributed by atoms with van der Waals surface area (Å²) in [4.78, 5) is 25.1. The van der Waals surface area contributed by atoms with Crippen molar-refractivity contribution in [1.29, 1.82) is 0 Å². The SMILES string of the molecule is O=C(CNC(=O)c1cccc2ccccc12)Nc1ccccc1C(F)(F)c1ccccc1. The van der Waals surface area contributed by atoms with Crippen LogP contribution in [-0.2, 0) is 10.7 Å². The molecule has 0 fully saturated rings. The Bertz CT molecular complexity index is 1270. The fourth-order valence-electron chi connectivity index (χ4n) is 3.54. The zero-order chi connectivity index (χ0) is 22.6. The molecule has 0 bridgehead atoms. The Kier molecular flexibility index (Phi) is 5.94. The third-order valence-electron chi connectivity index (χ3n) is 5.12. The second-order valence-electron chi connectivity index (χ2n) is 7.24. The standard InChI is InChI=1S/C26H20F2N2O2/c27-26(28,19-11-2-1-3-12-19)22-15-6-7-16-23(22)30-24(31)17-29-25(32)21-14-8-10-18-9-4-5-13-20(18)21/h1-16H,17H2,(H,29,32)(H,30,31). The predicted molar refractivity (Wildman–Crippen MR) is 121 cm³/mol. The van der Waals surface area contributed by atoms with E-state index < -0.39 is 17.7 Å². The molecule has 0 saturated carbocycles. The van der Waals surface area contributed by atoms with E-state index in [1.807, 2.05) is 30.3 Å². The average Bonchev–Trinajstić information content (AvgIpc) is 2.83. The van der Waals surface area contributed by atoms with Crippen molar-refractivity contribution in [1.82, 2.24) is 5.32 Å². The van der Waals surface area contributed by atoms with E-state index in [1.165, 1.54) is 42.5 Å². The van der Waals surface area contributed by atoms with Crippen LogP contribution in [0.3, 0.4) is 0 Å².